The van der Waals surface area contributed by atoms with E-state index in [0.717, 1.165) is 12.3 Å². The Bertz CT molecular complexity index is 523. The van der Waals surface area contributed by atoms with Gasteiger partial charge in [-0.1, -0.05) is 29.8 Å². The van der Waals surface area contributed by atoms with E-state index in [0.29, 0.717) is 11.3 Å². The minimum atomic E-state index is -4.43. The first-order chi connectivity index (χ1) is 7.98. The second kappa shape index (κ2) is 4.37. The van der Waals surface area contributed by atoms with Gasteiger partial charge in [0.05, 0.1) is 16.3 Å². The topological polar surface area (TPSA) is 12.9 Å². The van der Waals surface area contributed by atoms with Gasteiger partial charge in [-0.05, 0) is 18.2 Å². The van der Waals surface area contributed by atoms with Crippen molar-refractivity contribution in [3.05, 3.63) is 53.2 Å². The Morgan fingerprint density at radius 1 is 1.29 bits per heavy atom. The van der Waals surface area contributed by atoms with Crippen LogP contribution in [0.4, 0.5) is 13.2 Å². The Morgan fingerprint density at radius 2 is 2.06 bits per heavy atom. The van der Waals surface area contributed by atoms with Crippen LogP contribution >= 0.6 is 11.6 Å². The largest absolute Gasteiger partial charge is 0.417 e. The summed E-state index contributed by atoms with van der Waals surface area (Å²) in [7, 11) is 0. The normalized spacial score (nSPS) is 11.5. The fourth-order valence-electron chi connectivity index (χ4n) is 1.35. The first-order valence-corrected chi connectivity index (χ1v) is 5.05. The Kier molecular flexibility index (Phi) is 3.07. The van der Waals surface area contributed by atoms with Crippen LogP contribution < -0.4 is 0 Å². The number of alkyl halides is 3. The smallest absolute Gasteiger partial charge is 0.254 e. The molecular weight excluding hydrogens is 251 g/mol. The molecule has 1 aromatic heterocycles. The Morgan fingerprint density at radius 3 is 2.59 bits per heavy atom. The van der Waals surface area contributed by atoms with Gasteiger partial charge in [-0.15, -0.1) is 0 Å². The molecule has 0 N–H and O–H groups in total. The molecule has 0 bridgehead atoms. The zero-order valence-corrected chi connectivity index (χ0v) is 9.18. The van der Waals surface area contributed by atoms with Crippen LogP contribution in [0.3, 0.4) is 0 Å². The van der Waals surface area contributed by atoms with Gasteiger partial charge in [-0.25, -0.2) is 0 Å². The second-order valence-electron chi connectivity index (χ2n) is 3.34. The summed E-state index contributed by atoms with van der Waals surface area (Å²) in [6.07, 6.45) is -3.66. The fourth-order valence-corrected chi connectivity index (χ4v) is 1.62. The van der Waals surface area contributed by atoms with Gasteiger partial charge in [0.15, 0.2) is 0 Å². The molecule has 0 aliphatic rings. The third kappa shape index (κ3) is 2.58. The molecule has 17 heavy (non-hydrogen) atoms. The quantitative estimate of drug-likeness (QED) is 0.744. The van der Waals surface area contributed by atoms with Crippen molar-refractivity contribution in [1.29, 1.82) is 0 Å². The number of hydrogen-bond donors (Lipinski definition) is 0. The number of hydrogen-bond acceptors (Lipinski definition) is 1. The lowest BCUT2D eigenvalue weighted by Gasteiger charge is -2.08. The standard InChI is InChI=1S/C12H6ClF3N/c13-10-6-9(12(14,15)16)7-17-11(10)8-4-2-1-3-5-8/h1-2,4-7H. The Balaban J connectivity index is 2.46. The van der Waals surface area contributed by atoms with Crippen LogP contribution in [0.15, 0.2) is 36.5 Å². The van der Waals surface area contributed by atoms with Crippen molar-refractivity contribution in [3.8, 4) is 11.3 Å². The molecule has 5 heteroatoms. The molecule has 1 aromatic carbocycles. The fraction of sp³-hybridized carbons (Fsp3) is 0.0833. The molecule has 1 nitrogen and oxygen atoms in total. The molecule has 0 spiro atoms. The number of benzene rings is 1. The predicted molar refractivity (Wildman–Crippen MR) is 58.5 cm³/mol. The average Bonchev–Trinajstić information content (AvgIpc) is 2.29. The van der Waals surface area contributed by atoms with Crippen LogP contribution in [0.1, 0.15) is 5.56 Å². The SMILES string of the molecule is FC(F)(F)c1cnc(-c2c[c]ccc2)c(Cl)c1. The summed E-state index contributed by atoms with van der Waals surface area (Å²) in [5.74, 6) is 0. The molecule has 0 amide bonds. The molecule has 0 aliphatic carbocycles. The minimum Gasteiger partial charge on any atom is -0.254 e. The monoisotopic (exact) mass is 256 g/mol. The van der Waals surface area contributed by atoms with Crippen molar-refractivity contribution in [3.63, 3.8) is 0 Å². The Hall–Kier alpha value is -1.55. The van der Waals surface area contributed by atoms with E-state index >= 15 is 0 Å². The number of aromatic nitrogens is 1. The first kappa shape index (κ1) is 11.9. The van der Waals surface area contributed by atoms with Gasteiger partial charge in [0.2, 0.25) is 0 Å². The summed E-state index contributed by atoms with van der Waals surface area (Å²) in [5, 5.41) is -0.0283. The molecule has 0 saturated carbocycles. The van der Waals surface area contributed by atoms with Crippen molar-refractivity contribution in [2.75, 3.05) is 0 Å². The second-order valence-corrected chi connectivity index (χ2v) is 3.75. The van der Waals surface area contributed by atoms with Crippen LogP contribution in [0.2, 0.25) is 5.02 Å². The third-order valence-corrected chi connectivity index (χ3v) is 2.44. The van der Waals surface area contributed by atoms with Crippen molar-refractivity contribution < 1.29 is 13.2 Å². The number of rotatable bonds is 1. The maximum absolute atomic E-state index is 12.4. The highest BCUT2D eigenvalue weighted by Crippen LogP contribution is 2.33. The van der Waals surface area contributed by atoms with Crippen molar-refractivity contribution in [2.24, 2.45) is 0 Å². The van der Waals surface area contributed by atoms with Crippen LogP contribution in [0.5, 0.6) is 0 Å². The van der Waals surface area contributed by atoms with Crippen molar-refractivity contribution in [1.82, 2.24) is 4.98 Å². The summed E-state index contributed by atoms with van der Waals surface area (Å²) in [4.78, 5) is 3.74. The molecule has 0 unspecified atom stereocenters. The van der Waals surface area contributed by atoms with Gasteiger partial charge >= 0.3 is 6.18 Å². The van der Waals surface area contributed by atoms with Crippen molar-refractivity contribution >= 4 is 11.6 Å². The number of nitrogens with zero attached hydrogens (tertiary/aromatic N) is 1. The summed E-state index contributed by atoms with van der Waals surface area (Å²) in [5.41, 5.74) is 0.0916. The van der Waals surface area contributed by atoms with Gasteiger partial charge in [0, 0.05) is 11.8 Å². The first-order valence-electron chi connectivity index (χ1n) is 4.68. The maximum atomic E-state index is 12.4. The predicted octanol–water partition coefficient (Wildman–Crippen LogP) is 4.22. The van der Waals surface area contributed by atoms with Crippen LogP contribution in [0, 0.1) is 6.07 Å². The van der Waals surface area contributed by atoms with Gasteiger partial charge in [0.1, 0.15) is 0 Å². The summed E-state index contributed by atoms with van der Waals surface area (Å²) < 4.78 is 37.2. The lowest BCUT2D eigenvalue weighted by Crippen LogP contribution is -2.05. The highest BCUT2D eigenvalue weighted by Gasteiger charge is 2.31. The summed E-state index contributed by atoms with van der Waals surface area (Å²) in [6.45, 7) is 0. The maximum Gasteiger partial charge on any atom is 0.417 e. The highest BCUT2D eigenvalue weighted by molar-refractivity contribution is 6.33. The minimum absolute atomic E-state index is 0.0283. The lowest BCUT2D eigenvalue weighted by molar-refractivity contribution is -0.137. The van der Waals surface area contributed by atoms with E-state index in [2.05, 4.69) is 11.1 Å². The molecular formula is C12H6ClF3N. The molecule has 0 saturated heterocycles. The molecule has 0 aliphatic heterocycles. The molecule has 0 fully saturated rings. The molecule has 1 radical (unpaired) electrons. The van der Waals surface area contributed by atoms with E-state index < -0.39 is 11.7 Å². The number of halogens is 4. The molecule has 2 aromatic rings. The van der Waals surface area contributed by atoms with E-state index in [1.165, 1.54) is 0 Å². The van der Waals surface area contributed by atoms with Crippen LogP contribution in [0.25, 0.3) is 11.3 Å². The third-order valence-electron chi connectivity index (χ3n) is 2.15. The molecule has 1 heterocycles. The summed E-state index contributed by atoms with van der Waals surface area (Å²) in [6, 6.07) is 10.4. The van der Waals surface area contributed by atoms with Crippen LogP contribution in [-0.4, -0.2) is 4.98 Å². The van der Waals surface area contributed by atoms with Crippen molar-refractivity contribution in [2.45, 2.75) is 6.18 Å². The van der Waals surface area contributed by atoms with Crippen LogP contribution in [-0.2, 0) is 6.18 Å². The zero-order valence-electron chi connectivity index (χ0n) is 8.42. The van der Waals surface area contributed by atoms with Gasteiger partial charge in [0.25, 0.3) is 0 Å². The van der Waals surface area contributed by atoms with Gasteiger partial charge < -0.3 is 0 Å². The van der Waals surface area contributed by atoms with E-state index in [4.69, 9.17) is 11.6 Å². The average molecular weight is 257 g/mol. The number of pyridine rings is 1. The van der Waals surface area contributed by atoms with Gasteiger partial charge in [-0.3, -0.25) is 4.98 Å². The van der Waals surface area contributed by atoms with E-state index in [1.807, 2.05) is 0 Å². The van der Waals surface area contributed by atoms with E-state index in [-0.39, 0.29) is 5.02 Å². The van der Waals surface area contributed by atoms with E-state index in [9.17, 15) is 13.2 Å². The molecule has 2 rings (SSSR count). The highest BCUT2D eigenvalue weighted by atomic mass is 35.5. The van der Waals surface area contributed by atoms with E-state index in [1.54, 1.807) is 24.3 Å². The molecule has 87 valence electrons. The molecule has 0 atom stereocenters. The zero-order chi connectivity index (χ0) is 12.5. The summed E-state index contributed by atoms with van der Waals surface area (Å²) >= 11 is 5.79. The van der Waals surface area contributed by atoms with Gasteiger partial charge in [-0.2, -0.15) is 13.2 Å². The lowest BCUT2D eigenvalue weighted by atomic mass is 10.1. The Labute approximate surface area is 101 Å².